The number of nitro groups is 1. The van der Waals surface area contributed by atoms with E-state index in [9.17, 15) is 31.7 Å². The zero-order chi connectivity index (χ0) is 27.9. The fourth-order valence-corrected chi connectivity index (χ4v) is 5.75. The highest BCUT2D eigenvalue weighted by molar-refractivity contribution is 7.92. The van der Waals surface area contributed by atoms with Crippen LogP contribution in [0, 0.1) is 17.0 Å². The van der Waals surface area contributed by atoms with Gasteiger partial charge < -0.3 is 9.47 Å². The molecule has 38 heavy (non-hydrogen) atoms. The summed E-state index contributed by atoms with van der Waals surface area (Å²) in [6, 6.07) is 17.0. The van der Waals surface area contributed by atoms with E-state index in [1.807, 2.05) is 6.92 Å². The first-order valence-corrected chi connectivity index (χ1v) is 14.4. The van der Waals surface area contributed by atoms with Crippen molar-refractivity contribution < 1.29 is 36.1 Å². The Bertz CT molecular complexity index is 1490. The Morgan fingerprint density at radius 2 is 1.47 bits per heavy atom. The predicted octanol–water partition coefficient (Wildman–Crippen LogP) is 3.34. The topological polar surface area (TPSA) is 150 Å². The molecule has 0 bridgehead atoms. The third-order valence-corrected chi connectivity index (χ3v) is 8.87. The first-order valence-electron chi connectivity index (χ1n) is 11.3. The van der Waals surface area contributed by atoms with Crippen molar-refractivity contribution in [3.05, 3.63) is 94.0 Å². The van der Waals surface area contributed by atoms with E-state index in [0.717, 1.165) is 5.56 Å². The molecule has 0 amide bonds. The Balaban J connectivity index is 1.57. The number of carbonyl (C=O) groups is 1. The van der Waals surface area contributed by atoms with Gasteiger partial charge in [-0.05, 0) is 67.4 Å². The largest absolute Gasteiger partial charge is 0.497 e. The Hall–Kier alpha value is -3.97. The first-order chi connectivity index (χ1) is 17.9. The zero-order valence-corrected chi connectivity index (χ0v) is 22.3. The van der Waals surface area contributed by atoms with Gasteiger partial charge in [-0.1, -0.05) is 29.8 Å². The summed E-state index contributed by atoms with van der Waals surface area (Å²) in [5.41, 5.74) is 1.34. The molecule has 0 aromatic heterocycles. The van der Waals surface area contributed by atoms with Crippen LogP contribution in [0.2, 0.25) is 0 Å². The second-order valence-electron chi connectivity index (χ2n) is 8.18. The lowest BCUT2D eigenvalue weighted by molar-refractivity contribution is -0.474. The van der Waals surface area contributed by atoms with Crippen LogP contribution in [0.5, 0.6) is 5.75 Å². The van der Waals surface area contributed by atoms with E-state index in [0.29, 0.717) is 11.3 Å². The van der Waals surface area contributed by atoms with Gasteiger partial charge in [-0.15, -0.1) is 0 Å². The number of esters is 1. The molecule has 0 atom stereocenters. The third kappa shape index (κ3) is 7.07. The lowest BCUT2D eigenvalue weighted by Gasteiger charge is -2.15. The van der Waals surface area contributed by atoms with Crippen LogP contribution in [0.4, 0.5) is 5.69 Å². The number of rotatable bonds is 12. The molecule has 0 fully saturated rings. The summed E-state index contributed by atoms with van der Waals surface area (Å²) in [5.74, 6) is -0.555. The van der Waals surface area contributed by atoms with Gasteiger partial charge in [0.25, 0.3) is 0 Å². The van der Waals surface area contributed by atoms with E-state index >= 15 is 0 Å². The van der Waals surface area contributed by atoms with E-state index in [4.69, 9.17) is 9.47 Å². The highest BCUT2D eigenvalue weighted by atomic mass is 32.2. The molecule has 0 saturated heterocycles. The number of hydrogen-bond donors (Lipinski definition) is 0. The van der Waals surface area contributed by atoms with Crippen molar-refractivity contribution in [2.75, 3.05) is 23.9 Å². The van der Waals surface area contributed by atoms with E-state index < -0.39 is 30.9 Å². The molecular formula is C25H26N2O9S2. The smallest absolute Gasteiger partial charge is 0.318 e. The lowest BCUT2D eigenvalue weighted by atomic mass is 10.1. The number of methoxy groups -OCH3 is 1. The number of benzene rings is 3. The van der Waals surface area contributed by atoms with Gasteiger partial charge in [-0.2, -0.15) is 8.42 Å². The standard InChI is InChI=1S/C25H26N2O9S2/c1-19-3-12-23(13-4-19)37(31,32)18-17-36-25(28)16-7-20-5-14-24(15-6-20)38(33,34)26(27(29)30)21-8-10-22(35-2)11-9-21/h3-6,8-15H,7,16-18H2,1-2H3. The van der Waals surface area contributed by atoms with E-state index in [-0.39, 0.29) is 45.1 Å². The Kier molecular flexibility index (Phi) is 9.07. The van der Waals surface area contributed by atoms with Crippen LogP contribution in [0.15, 0.2) is 82.6 Å². The number of aryl methyl sites for hydroxylation is 2. The minimum absolute atomic E-state index is 0.0659. The first kappa shape index (κ1) is 28.6. The molecule has 0 aliphatic heterocycles. The number of hydrogen-bond acceptors (Lipinski definition) is 9. The fraction of sp³-hybridized carbons (Fsp3) is 0.240. The average molecular weight is 563 g/mol. The number of ether oxygens (including phenoxy) is 2. The maximum Gasteiger partial charge on any atom is 0.318 e. The second kappa shape index (κ2) is 12.0. The molecule has 0 N–H and O–H groups in total. The maximum absolute atomic E-state index is 13.0. The van der Waals surface area contributed by atoms with Gasteiger partial charge in [-0.25, -0.2) is 18.5 Å². The van der Waals surface area contributed by atoms with E-state index in [2.05, 4.69) is 0 Å². The lowest BCUT2D eigenvalue weighted by Crippen LogP contribution is -2.36. The number of hydrazine groups is 1. The summed E-state index contributed by atoms with van der Waals surface area (Å²) in [7, 11) is -6.70. The molecule has 0 spiro atoms. The van der Waals surface area contributed by atoms with Gasteiger partial charge >= 0.3 is 16.0 Å². The van der Waals surface area contributed by atoms with Crippen LogP contribution < -0.4 is 9.15 Å². The molecule has 3 aromatic carbocycles. The van der Waals surface area contributed by atoms with Crippen LogP contribution in [0.1, 0.15) is 17.5 Å². The minimum atomic E-state index is -4.53. The summed E-state index contributed by atoms with van der Waals surface area (Å²) in [6.45, 7) is 1.54. The minimum Gasteiger partial charge on any atom is -0.497 e. The summed E-state index contributed by atoms with van der Waals surface area (Å²) in [5, 5.41) is 10.6. The normalized spacial score (nSPS) is 11.5. The Morgan fingerprint density at radius 1 is 0.895 bits per heavy atom. The molecule has 0 radical (unpaired) electrons. The van der Waals surface area contributed by atoms with Crippen LogP contribution in [-0.2, 0) is 35.8 Å². The molecule has 0 aliphatic carbocycles. The van der Waals surface area contributed by atoms with E-state index in [1.54, 1.807) is 12.1 Å². The van der Waals surface area contributed by atoms with Gasteiger partial charge in [-0.3, -0.25) is 4.79 Å². The summed E-state index contributed by atoms with van der Waals surface area (Å²) in [6.07, 6.45) is 0.130. The summed E-state index contributed by atoms with van der Waals surface area (Å²) >= 11 is 0. The molecule has 11 nitrogen and oxygen atoms in total. The Morgan fingerprint density at radius 3 is 2.03 bits per heavy atom. The second-order valence-corrected chi connectivity index (χ2v) is 12.1. The molecule has 0 aliphatic rings. The number of carbonyl (C=O) groups excluding carboxylic acids is 1. The highest BCUT2D eigenvalue weighted by Gasteiger charge is 2.34. The van der Waals surface area contributed by atoms with Crippen LogP contribution >= 0.6 is 0 Å². The van der Waals surface area contributed by atoms with Gasteiger partial charge in [0.15, 0.2) is 14.9 Å². The van der Waals surface area contributed by atoms with Gasteiger partial charge in [0.1, 0.15) is 18.0 Å². The molecule has 202 valence electrons. The number of anilines is 1. The van der Waals surface area contributed by atoms with Gasteiger partial charge in [0.05, 0.1) is 22.7 Å². The van der Waals surface area contributed by atoms with Crippen molar-refractivity contribution in [1.82, 2.24) is 0 Å². The number of sulfonamides is 1. The molecule has 3 aromatic rings. The van der Waals surface area contributed by atoms with Gasteiger partial charge in [0.2, 0.25) is 0 Å². The molecule has 0 saturated carbocycles. The zero-order valence-electron chi connectivity index (χ0n) is 20.6. The molecular weight excluding hydrogens is 536 g/mol. The van der Waals surface area contributed by atoms with Crippen molar-refractivity contribution in [1.29, 1.82) is 0 Å². The molecule has 13 heteroatoms. The number of nitrogens with zero attached hydrogens (tertiary/aromatic N) is 2. The quantitative estimate of drug-likeness (QED) is 0.184. The van der Waals surface area contributed by atoms with Crippen molar-refractivity contribution >= 4 is 31.5 Å². The fourth-order valence-electron chi connectivity index (χ4n) is 3.41. The molecule has 0 heterocycles. The van der Waals surface area contributed by atoms with Crippen LogP contribution in [0.3, 0.4) is 0 Å². The SMILES string of the molecule is COc1ccc(N([N+](=O)[O-])S(=O)(=O)c2ccc(CCC(=O)OCCS(=O)(=O)c3ccc(C)cc3)cc2)cc1. The molecule has 3 rings (SSSR count). The summed E-state index contributed by atoms with van der Waals surface area (Å²) < 4.78 is 60.7. The predicted molar refractivity (Wildman–Crippen MR) is 139 cm³/mol. The summed E-state index contributed by atoms with van der Waals surface area (Å²) in [4.78, 5) is 23.5. The van der Waals surface area contributed by atoms with Gasteiger partial charge in [0, 0.05) is 10.8 Å². The van der Waals surface area contributed by atoms with Crippen LogP contribution in [-0.4, -0.2) is 47.3 Å². The Labute approximate surface area is 220 Å². The number of sulfone groups is 1. The third-order valence-electron chi connectivity index (χ3n) is 5.50. The van der Waals surface area contributed by atoms with Crippen molar-refractivity contribution in [2.45, 2.75) is 29.6 Å². The van der Waals surface area contributed by atoms with Crippen molar-refractivity contribution in [3.8, 4) is 5.75 Å². The van der Waals surface area contributed by atoms with Crippen molar-refractivity contribution in [3.63, 3.8) is 0 Å². The average Bonchev–Trinajstić information content (AvgIpc) is 2.88. The van der Waals surface area contributed by atoms with Crippen LogP contribution in [0.25, 0.3) is 0 Å². The monoisotopic (exact) mass is 562 g/mol. The maximum atomic E-state index is 13.0. The van der Waals surface area contributed by atoms with Crippen molar-refractivity contribution in [2.24, 2.45) is 0 Å². The molecule has 0 unspecified atom stereocenters. The highest BCUT2D eigenvalue weighted by Crippen LogP contribution is 2.26. The van der Waals surface area contributed by atoms with E-state index in [1.165, 1.54) is 67.8 Å².